The van der Waals surface area contributed by atoms with Gasteiger partial charge in [0.05, 0.1) is 19.8 Å². The Balaban J connectivity index is 1.67. The van der Waals surface area contributed by atoms with Crippen LogP contribution in [0.1, 0.15) is 26.4 Å². The van der Waals surface area contributed by atoms with Gasteiger partial charge in [-0.3, -0.25) is 4.79 Å². The number of carbonyl (C=O) groups is 1. The molecule has 0 aliphatic carbocycles. The molecule has 3 rings (SSSR count). The number of amides is 1. The van der Waals surface area contributed by atoms with Gasteiger partial charge in [0.15, 0.2) is 0 Å². The molecule has 1 N–H and O–H groups in total. The van der Waals surface area contributed by atoms with Crippen molar-refractivity contribution in [2.45, 2.75) is 24.6 Å². The molecule has 2 aromatic rings. The Bertz CT molecular complexity index is 900. The molecule has 0 saturated carbocycles. The maximum Gasteiger partial charge on any atom is 0.252 e. The fourth-order valence-electron chi connectivity index (χ4n) is 2.77. The molecular weight excluding hydrogens is 372 g/mol. The number of morpholine rings is 1. The molecule has 1 aliphatic rings. The van der Waals surface area contributed by atoms with Crippen LogP contribution >= 0.6 is 11.3 Å². The van der Waals surface area contributed by atoms with E-state index in [2.05, 4.69) is 5.32 Å². The maximum absolute atomic E-state index is 12.6. The van der Waals surface area contributed by atoms with Crippen molar-refractivity contribution in [2.75, 3.05) is 26.3 Å². The average molecular weight is 395 g/mol. The molecule has 6 nitrogen and oxygen atoms in total. The number of nitrogens with zero attached hydrogens (tertiary/aromatic N) is 1. The summed E-state index contributed by atoms with van der Waals surface area (Å²) >= 11 is 1.19. The molecule has 1 aliphatic heterocycles. The summed E-state index contributed by atoms with van der Waals surface area (Å²) < 4.78 is 32.2. The van der Waals surface area contributed by atoms with Crippen LogP contribution in [0.5, 0.6) is 0 Å². The summed E-state index contributed by atoms with van der Waals surface area (Å²) in [6, 6.07) is 8.97. The lowest BCUT2D eigenvalue weighted by atomic mass is 10.0. The Morgan fingerprint density at radius 1 is 1.19 bits per heavy atom. The quantitative estimate of drug-likeness (QED) is 0.844. The van der Waals surface area contributed by atoms with Crippen LogP contribution in [0.3, 0.4) is 0 Å². The molecule has 140 valence electrons. The number of carbonyl (C=O) groups excluding carboxylic acids is 1. The van der Waals surface area contributed by atoms with Crippen molar-refractivity contribution in [2.24, 2.45) is 0 Å². The molecular formula is C18H22N2O4S2. The van der Waals surface area contributed by atoms with Crippen molar-refractivity contribution in [3.8, 4) is 0 Å². The molecule has 2 heterocycles. The maximum atomic E-state index is 12.6. The first-order chi connectivity index (χ1) is 12.4. The normalized spacial score (nSPS) is 15.8. The highest BCUT2D eigenvalue weighted by atomic mass is 32.2. The second-order valence-corrected chi connectivity index (χ2v) is 9.50. The number of aryl methyl sites for hydroxylation is 1. The number of hydrogen-bond acceptors (Lipinski definition) is 5. The summed E-state index contributed by atoms with van der Waals surface area (Å²) in [5.74, 6) is -0.155. The van der Waals surface area contributed by atoms with E-state index in [0.717, 1.165) is 16.0 Å². The Kier molecular flexibility index (Phi) is 5.76. The Hall–Kier alpha value is -1.74. The van der Waals surface area contributed by atoms with Gasteiger partial charge in [0.25, 0.3) is 15.9 Å². The Labute approximate surface area is 157 Å². The van der Waals surface area contributed by atoms with E-state index in [0.29, 0.717) is 42.6 Å². The van der Waals surface area contributed by atoms with Gasteiger partial charge < -0.3 is 10.1 Å². The lowest BCUT2D eigenvalue weighted by Crippen LogP contribution is -2.40. The second kappa shape index (κ2) is 7.87. The van der Waals surface area contributed by atoms with Gasteiger partial charge >= 0.3 is 0 Å². The molecule has 8 heteroatoms. The van der Waals surface area contributed by atoms with Crippen molar-refractivity contribution >= 4 is 27.3 Å². The van der Waals surface area contributed by atoms with E-state index in [4.69, 9.17) is 4.74 Å². The summed E-state index contributed by atoms with van der Waals surface area (Å²) in [5, 5.41) is 2.87. The first kappa shape index (κ1) is 19.0. The van der Waals surface area contributed by atoms with E-state index in [1.54, 1.807) is 18.2 Å². The number of hydrogen-bond donors (Lipinski definition) is 1. The standard InChI is InChI=1S/C18H22N2O4S2/c1-13-4-3-5-16(14(13)2)18(21)19-12-15-6-7-17(25-15)26(22,23)20-8-10-24-11-9-20/h3-7H,8-12H2,1-2H3,(H,19,21). The van der Waals surface area contributed by atoms with Crippen LogP contribution in [0.25, 0.3) is 0 Å². The van der Waals surface area contributed by atoms with E-state index in [1.807, 2.05) is 26.0 Å². The van der Waals surface area contributed by atoms with Crippen molar-refractivity contribution in [3.05, 3.63) is 51.9 Å². The largest absolute Gasteiger partial charge is 0.379 e. The summed E-state index contributed by atoms with van der Waals surface area (Å²) in [7, 11) is -3.49. The van der Waals surface area contributed by atoms with Crippen LogP contribution in [0.4, 0.5) is 0 Å². The van der Waals surface area contributed by atoms with Gasteiger partial charge in [-0.1, -0.05) is 12.1 Å². The van der Waals surface area contributed by atoms with Gasteiger partial charge in [0.1, 0.15) is 4.21 Å². The molecule has 1 aromatic heterocycles. The van der Waals surface area contributed by atoms with Crippen LogP contribution < -0.4 is 5.32 Å². The van der Waals surface area contributed by atoms with Crippen molar-refractivity contribution in [1.82, 2.24) is 9.62 Å². The number of benzene rings is 1. The average Bonchev–Trinajstić information content (AvgIpc) is 3.12. The van der Waals surface area contributed by atoms with Gasteiger partial charge in [0.2, 0.25) is 0 Å². The number of thiophene rings is 1. The highest BCUT2D eigenvalue weighted by Gasteiger charge is 2.27. The molecule has 0 unspecified atom stereocenters. The monoisotopic (exact) mass is 394 g/mol. The van der Waals surface area contributed by atoms with Gasteiger partial charge in [-0.05, 0) is 43.2 Å². The van der Waals surface area contributed by atoms with Crippen LogP contribution in [0.2, 0.25) is 0 Å². The molecule has 26 heavy (non-hydrogen) atoms. The first-order valence-corrected chi connectivity index (χ1v) is 10.7. The predicted octanol–water partition coefficient (Wildman–Crippen LogP) is 2.32. The highest BCUT2D eigenvalue weighted by molar-refractivity contribution is 7.91. The van der Waals surface area contributed by atoms with Crippen LogP contribution in [-0.4, -0.2) is 44.9 Å². The van der Waals surface area contributed by atoms with Crippen LogP contribution in [-0.2, 0) is 21.3 Å². The fraction of sp³-hybridized carbons (Fsp3) is 0.389. The lowest BCUT2D eigenvalue weighted by Gasteiger charge is -2.25. The van der Waals surface area contributed by atoms with E-state index < -0.39 is 10.0 Å². The van der Waals surface area contributed by atoms with E-state index >= 15 is 0 Å². The molecule has 1 saturated heterocycles. The molecule has 0 radical (unpaired) electrons. The van der Waals surface area contributed by atoms with Gasteiger partial charge in [-0.25, -0.2) is 8.42 Å². The van der Waals surface area contributed by atoms with Crippen molar-refractivity contribution in [1.29, 1.82) is 0 Å². The molecule has 0 spiro atoms. The first-order valence-electron chi connectivity index (χ1n) is 8.40. The Morgan fingerprint density at radius 3 is 2.65 bits per heavy atom. The summed E-state index contributed by atoms with van der Waals surface area (Å²) in [6.45, 7) is 5.77. The van der Waals surface area contributed by atoms with Crippen LogP contribution in [0.15, 0.2) is 34.5 Å². The third-order valence-corrected chi connectivity index (χ3v) is 7.92. The van der Waals surface area contributed by atoms with Crippen LogP contribution in [0, 0.1) is 13.8 Å². The summed E-state index contributed by atoms with van der Waals surface area (Å²) in [4.78, 5) is 13.2. The van der Waals surface area contributed by atoms with Gasteiger partial charge in [-0.2, -0.15) is 4.31 Å². The second-order valence-electron chi connectivity index (χ2n) is 6.17. The number of ether oxygens (including phenoxy) is 1. The predicted molar refractivity (Wildman–Crippen MR) is 101 cm³/mol. The zero-order chi connectivity index (χ0) is 18.7. The minimum atomic E-state index is -3.49. The minimum Gasteiger partial charge on any atom is -0.379 e. The number of rotatable bonds is 5. The minimum absolute atomic E-state index is 0.155. The third kappa shape index (κ3) is 3.98. The molecule has 0 atom stereocenters. The van der Waals surface area contributed by atoms with Gasteiger partial charge in [0, 0.05) is 23.5 Å². The summed E-state index contributed by atoms with van der Waals surface area (Å²) in [5.41, 5.74) is 2.65. The number of nitrogens with one attached hydrogen (secondary N) is 1. The van der Waals surface area contributed by atoms with Gasteiger partial charge in [-0.15, -0.1) is 11.3 Å². The smallest absolute Gasteiger partial charge is 0.252 e. The molecule has 1 fully saturated rings. The van der Waals surface area contributed by atoms with Crippen molar-refractivity contribution < 1.29 is 17.9 Å². The van der Waals surface area contributed by atoms with E-state index in [-0.39, 0.29) is 5.91 Å². The Morgan fingerprint density at radius 2 is 1.92 bits per heavy atom. The van der Waals surface area contributed by atoms with E-state index in [9.17, 15) is 13.2 Å². The zero-order valence-electron chi connectivity index (χ0n) is 14.8. The molecule has 1 aromatic carbocycles. The lowest BCUT2D eigenvalue weighted by molar-refractivity contribution is 0.0731. The fourth-order valence-corrected chi connectivity index (χ4v) is 5.62. The topological polar surface area (TPSA) is 75.7 Å². The molecule has 0 bridgehead atoms. The zero-order valence-corrected chi connectivity index (χ0v) is 16.5. The van der Waals surface area contributed by atoms with Crippen molar-refractivity contribution in [3.63, 3.8) is 0 Å². The molecule has 1 amide bonds. The number of sulfonamides is 1. The third-order valence-electron chi connectivity index (χ3n) is 4.47. The van der Waals surface area contributed by atoms with E-state index in [1.165, 1.54) is 15.6 Å². The SMILES string of the molecule is Cc1cccc(C(=O)NCc2ccc(S(=O)(=O)N3CCOCC3)s2)c1C. The highest BCUT2D eigenvalue weighted by Crippen LogP contribution is 2.25. The summed E-state index contributed by atoms with van der Waals surface area (Å²) in [6.07, 6.45) is 0.